The number of anilines is 1. The number of amides is 1. The molecule has 0 aromatic heterocycles. The molecular weight excluding hydrogens is 194 g/mol. The molecule has 0 bridgehead atoms. The van der Waals surface area contributed by atoms with Crippen molar-refractivity contribution in [2.24, 2.45) is 0 Å². The molecule has 0 atom stereocenters. The van der Waals surface area contributed by atoms with Gasteiger partial charge in [0.05, 0.1) is 6.61 Å². The van der Waals surface area contributed by atoms with Crippen molar-refractivity contribution in [2.75, 3.05) is 18.1 Å². The first-order valence-electron chi connectivity index (χ1n) is 4.92. The zero-order valence-corrected chi connectivity index (χ0v) is 8.93. The number of carboxylic acid groups (broad SMARTS) is 1. The molecule has 0 aliphatic heterocycles. The Kier molecular flexibility index (Phi) is 3.97. The van der Waals surface area contributed by atoms with Gasteiger partial charge in [-0.2, -0.15) is 0 Å². The minimum Gasteiger partial charge on any atom is -0.494 e. The van der Waals surface area contributed by atoms with E-state index < -0.39 is 6.09 Å². The van der Waals surface area contributed by atoms with Crippen LogP contribution in [0.15, 0.2) is 24.3 Å². The third-order valence-electron chi connectivity index (χ3n) is 2.01. The molecule has 0 heterocycles. The van der Waals surface area contributed by atoms with E-state index in [4.69, 9.17) is 9.84 Å². The molecule has 0 unspecified atom stereocenters. The second-order valence-electron chi connectivity index (χ2n) is 2.95. The molecule has 0 saturated carbocycles. The van der Waals surface area contributed by atoms with E-state index in [0.717, 1.165) is 5.75 Å². The molecule has 1 rings (SSSR count). The maximum atomic E-state index is 10.8. The lowest BCUT2D eigenvalue weighted by Crippen LogP contribution is -2.28. The van der Waals surface area contributed by atoms with E-state index in [2.05, 4.69) is 0 Å². The molecule has 15 heavy (non-hydrogen) atoms. The first-order chi connectivity index (χ1) is 7.19. The van der Waals surface area contributed by atoms with E-state index in [1.807, 2.05) is 6.92 Å². The summed E-state index contributed by atoms with van der Waals surface area (Å²) >= 11 is 0. The second-order valence-corrected chi connectivity index (χ2v) is 2.95. The predicted octanol–water partition coefficient (Wildman–Crippen LogP) is 2.59. The Balaban J connectivity index is 2.82. The lowest BCUT2D eigenvalue weighted by atomic mass is 10.3. The Bertz CT molecular complexity index is 321. The third kappa shape index (κ3) is 2.87. The van der Waals surface area contributed by atoms with Gasteiger partial charge in [-0.05, 0) is 38.1 Å². The summed E-state index contributed by atoms with van der Waals surface area (Å²) in [5, 5.41) is 8.89. The Labute approximate surface area is 89.1 Å². The molecule has 4 heteroatoms. The van der Waals surface area contributed by atoms with Gasteiger partial charge in [-0.25, -0.2) is 4.79 Å². The molecule has 1 N–H and O–H groups in total. The maximum absolute atomic E-state index is 10.8. The van der Waals surface area contributed by atoms with E-state index in [0.29, 0.717) is 18.8 Å². The smallest absolute Gasteiger partial charge is 0.411 e. The number of nitrogens with zero attached hydrogens (tertiary/aromatic N) is 1. The van der Waals surface area contributed by atoms with Crippen LogP contribution in [0.3, 0.4) is 0 Å². The fourth-order valence-corrected chi connectivity index (χ4v) is 1.32. The summed E-state index contributed by atoms with van der Waals surface area (Å²) in [6, 6.07) is 7.01. The van der Waals surface area contributed by atoms with Crippen molar-refractivity contribution in [1.82, 2.24) is 0 Å². The van der Waals surface area contributed by atoms with Crippen molar-refractivity contribution in [2.45, 2.75) is 13.8 Å². The molecule has 0 fully saturated rings. The van der Waals surface area contributed by atoms with E-state index in [9.17, 15) is 4.79 Å². The average Bonchev–Trinajstić information content (AvgIpc) is 2.21. The Morgan fingerprint density at radius 2 is 1.93 bits per heavy atom. The second kappa shape index (κ2) is 5.24. The van der Waals surface area contributed by atoms with Crippen molar-refractivity contribution in [1.29, 1.82) is 0 Å². The third-order valence-corrected chi connectivity index (χ3v) is 2.01. The molecular formula is C11H15NO3. The minimum atomic E-state index is -0.943. The largest absolute Gasteiger partial charge is 0.494 e. The number of benzene rings is 1. The van der Waals surface area contributed by atoms with Crippen molar-refractivity contribution in [3.05, 3.63) is 24.3 Å². The highest BCUT2D eigenvalue weighted by Crippen LogP contribution is 2.19. The molecule has 82 valence electrons. The average molecular weight is 209 g/mol. The van der Waals surface area contributed by atoms with E-state index >= 15 is 0 Å². The fraction of sp³-hybridized carbons (Fsp3) is 0.364. The van der Waals surface area contributed by atoms with Crippen LogP contribution in [0.5, 0.6) is 5.75 Å². The van der Waals surface area contributed by atoms with Crippen LogP contribution in [0.2, 0.25) is 0 Å². The summed E-state index contributed by atoms with van der Waals surface area (Å²) in [7, 11) is 0. The van der Waals surface area contributed by atoms with Crippen LogP contribution < -0.4 is 9.64 Å². The predicted molar refractivity (Wildman–Crippen MR) is 58.7 cm³/mol. The molecule has 0 aliphatic rings. The Morgan fingerprint density at radius 1 is 1.33 bits per heavy atom. The maximum Gasteiger partial charge on any atom is 0.411 e. The summed E-state index contributed by atoms with van der Waals surface area (Å²) < 4.78 is 5.27. The van der Waals surface area contributed by atoms with Gasteiger partial charge in [0.15, 0.2) is 0 Å². The van der Waals surface area contributed by atoms with Gasteiger partial charge in [-0.3, -0.25) is 4.90 Å². The lowest BCUT2D eigenvalue weighted by Gasteiger charge is -2.17. The van der Waals surface area contributed by atoms with Crippen LogP contribution >= 0.6 is 0 Å². The summed E-state index contributed by atoms with van der Waals surface area (Å²) in [5.74, 6) is 0.752. The van der Waals surface area contributed by atoms with Gasteiger partial charge in [0.2, 0.25) is 0 Å². The number of hydrogen-bond acceptors (Lipinski definition) is 2. The van der Waals surface area contributed by atoms with Gasteiger partial charge < -0.3 is 9.84 Å². The van der Waals surface area contributed by atoms with E-state index in [1.165, 1.54) is 4.90 Å². The molecule has 1 amide bonds. The number of rotatable bonds is 4. The van der Waals surface area contributed by atoms with Crippen molar-refractivity contribution < 1.29 is 14.6 Å². The van der Waals surface area contributed by atoms with Gasteiger partial charge in [-0.15, -0.1) is 0 Å². The van der Waals surface area contributed by atoms with E-state index in [-0.39, 0.29) is 0 Å². The summed E-state index contributed by atoms with van der Waals surface area (Å²) in [5.41, 5.74) is 0.661. The summed E-state index contributed by atoms with van der Waals surface area (Å²) in [6.07, 6.45) is -0.943. The molecule has 0 radical (unpaired) electrons. The van der Waals surface area contributed by atoms with Gasteiger partial charge >= 0.3 is 6.09 Å². The zero-order chi connectivity index (χ0) is 11.3. The Morgan fingerprint density at radius 3 is 2.33 bits per heavy atom. The summed E-state index contributed by atoms with van der Waals surface area (Å²) in [4.78, 5) is 12.1. The molecule has 0 aliphatic carbocycles. The molecule has 1 aromatic rings. The molecule has 0 saturated heterocycles. The Hall–Kier alpha value is -1.71. The van der Waals surface area contributed by atoms with Gasteiger partial charge in [0.1, 0.15) is 5.75 Å². The highest BCUT2D eigenvalue weighted by Gasteiger charge is 2.11. The first-order valence-corrected chi connectivity index (χ1v) is 4.92. The standard InChI is InChI=1S/C11H15NO3/c1-3-12(11(13)14)9-5-7-10(8-6-9)15-4-2/h5-8H,3-4H2,1-2H3,(H,13,14). The quantitative estimate of drug-likeness (QED) is 0.829. The number of carbonyl (C=O) groups is 1. The number of hydrogen-bond donors (Lipinski definition) is 1. The van der Waals surface area contributed by atoms with Crippen LogP contribution in [0.1, 0.15) is 13.8 Å². The van der Waals surface area contributed by atoms with Crippen LogP contribution in [0, 0.1) is 0 Å². The van der Waals surface area contributed by atoms with Crippen molar-refractivity contribution >= 4 is 11.8 Å². The molecule has 4 nitrogen and oxygen atoms in total. The van der Waals surface area contributed by atoms with Crippen LogP contribution in [0.4, 0.5) is 10.5 Å². The normalized spacial score (nSPS) is 9.73. The monoisotopic (exact) mass is 209 g/mol. The minimum absolute atomic E-state index is 0.434. The fourth-order valence-electron chi connectivity index (χ4n) is 1.32. The van der Waals surface area contributed by atoms with Crippen LogP contribution in [0.25, 0.3) is 0 Å². The lowest BCUT2D eigenvalue weighted by molar-refractivity contribution is 0.202. The topological polar surface area (TPSA) is 49.8 Å². The van der Waals surface area contributed by atoms with Gasteiger partial charge in [0, 0.05) is 12.2 Å². The van der Waals surface area contributed by atoms with Gasteiger partial charge in [-0.1, -0.05) is 0 Å². The molecule has 0 spiro atoms. The van der Waals surface area contributed by atoms with Crippen molar-refractivity contribution in [3.8, 4) is 5.75 Å². The van der Waals surface area contributed by atoms with Crippen LogP contribution in [-0.4, -0.2) is 24.4 Å². The van der Waals surface area contributed by atoms with Crippen LogP contribution in [-0.2, 0) is 0 Å². The number of ether oxygens (including phenoxy) is 1. The first kappa shape index (κ1) is 11.4. The van der Waals surface area contributed by atoms with Gasteiger partial charge in [0.25, 0.3) is 0 Å². The summed E-state index contributed by atoms with van der Waals surface area (Å²) in [6.45, 7) is 4.74. The van der Waals surface area contributed by atoms with E-state index in [1.54, 1.807) is 31.2 Å². The van der Waals surface area contributed by atoms with Crippen molar-refractivity contribution in [3.63, 3.8) is 0 Å². The SMILES string of the molecule is CCOc1ccc(N(CC)C(=O)O)cc1. The molecule has 1 aromatic carbocycles. The highest BCUT2D eigenvalue weighted by atomic mass is 16.5. The highest BCUT2D eigenvalue weighted by molar-refractivity contribution is 5.85. The zero-order valence-electron chi connectivity index (χ0n) is 8.93.